The Morgan fingerprint density at radius 2 is 2.03 bits per heavy atom. The number of aromatic nitrogens is 4. The standard InChI is InChI=1S/C21H20ClF3N6O4S3/c1-7(31-13(9-3-4-9)11(22)15(29-31)21(23,24)25)16(32)26-12-17(33)30-14(19(34)35)10(5-36-18(12)30)6-37-20-28-27-8(2)38-20/h7,9,12,18H,3-6H2,1-2H3,(H,26,32)(H,34,35)/t7-,12-,18+/m0/s1. The molecule has 2 aromatic heterocycles. The van der Waals surface area contributed by atoms with Gasteiger partial charge < -0.3 is 10.4 Å². The first-order valence-corrected chi connectivity index (χ1v) is 14.6. The van der Waals surface area contributed by atoms with E-state index in [0.29, 0.717) is 34.3 Å². The summed E-state index contributed by atoms with van der Waals surface area (Å²) in [4.78, 5) is 39.2. The fourth-order valence-corrected chi connectivity index (χ4v) is 7.98. The second kappa shape index (κ2) is 10.0. The molecule has 1 aliphatic carbocycles. The fourth-order valence-electron chi connectivity index (χ4n) is 4.29. The van der Waals surface area contributed by atoms with Crippen LogP contribution in [0.4, 0.5) is 13.2 Å². The zero-order valence-electron chi connectivity index (χ0n) is 19.8. The largest absolute Gasteiger partial charge is 0.477 e. The summed E-state index contributed by atoms with van der Waals surface area (Å²) in [5.74, 6) is -2.18. The molecule has 1 saturated heterocycles. The second-order valence-corrected chi connectivity index (χ2v) is 12.9. The van der Waals surface area contributed by atoms with Crippen molar-refractivity contribution in [2.24, 2.45) is 0 Å². The van der Waals surface area contributed by atoms with Crippen molar-refractivity contribution in [1.82, 2.24) is 30.2 Å². The minimum Gasteiger partial charge on any atom is -0.477 e. The van der Waals surface area contributed by atoms with Crippen molar-refractivity contribution in [1.29, 1.82) is 0 Å². The maximum Gasteiger partial charge on any atom is 0.436 e. The summed E-state index contributed by atoms with van der Waals surface area (Å²) >= 11 is 10.0. The third kappa shape index (κ3) is 4.91. The van der Waals surface area contributed by atoms with E-state index in [-0.39, 0.29) is 17.3 Å². The molecule has 3 aliphatic rings. The van der Waals surface area contributed by atoms with Gasteiger partial charge in [0, 0.05) is 17.4 Å². The molecule has 2 N–H and O–H groups in total. The highest BCUT2D eigenvalue weighted by Crippen LogP contribution is 2.48. The second-order valence-electron chi connectivity index (χ2n) is 8.97. The molecular weight excluding hydrogens is 589 g/mol. The van der Waals surface area contributed by atoms with Gasteiger partial charge in [-0.25, -0.2) is 4.79 Å². The van der Waals surface area contributed by atoms with Crippen LogP contribution in [0.1, 0.15) is 48.1 Å². The summed E-state index contributed by atoms with van der Waals surface area (Å²) in [6.07, 6.45) is -3.51. The Morgan fingerprint density at radius 1 is 1.32 bits per heavy atom. The van der Waals surface area contributed by atoms with Crippen molar-refractivity contribution in [2.45, 2.75) is 60.6 Å². The van der Waals surface area contributed by atoms with Gasteiger partial charge in [-0.2, -0.15) is 18.3 Å². The van der Waals surface area contributed by atoms with E-state index < -0.39 is 52.1 Å². The van der Waals surface area contributed by atoms with Crippen molar-refractivity contribution < 1.29 is 32.7 Å². The fraction of sp³-hybridized carbons (Fsp3) is 0.524. The first-order valence-electron chi connectivity index (χ1n) is 11.4. The van der Waals surface area contributed by atoms with Gasteiger partial charge in [0.2, 0.25) is 5.91 Å². The van der Waals surface area contributed by atoms with E-state index in [1.54, 1.807) is 0 Å². The number of carbonyl (C=O) groups is 3. The van der Waals surface area contributed by atoms with Crippen LogP contribution >= 0.6 is 46.5 Å². The minimum atomic E-state index is -4.78. The summed E-state index contributed by atoms with van der Waals surface area (Å²) in [5.41, 5.74) is -0.683. The summed E-state index contributed by atoms with van der Waals surface area (Å²) in [5, 5.41) is 23.6. The van der Waals surface area contributed by atoms with Gasteiger partial charge in [0.05, 0.1) is 10.7 Å². The van der Waals surface area contributed by atoms with Gasteiger partial charge >= 0.3 is 12.1 Å². The van der Waals surface area contributed by atoms with Crippen LogP contribution < -0.4 is 5.32 Å². The van der Waals surface area contributed by atoms with Crippen LogP contribution in [0.5, 0.6) is 0 Å². The van der Waals surface area contributed by atoms with Gasteiger partial charge in [0.1, 0.15) is 28.2 Å². The Labute approximate surface area is 231 Å². The Bertz CT molecular complexity index is 1360. The highest BCUT2D eigenvalue weighted by atomic mass is 35.5. The number of fused-ring (bicyclic) bond motifs is 1. The number of thioether (sulfide) groups is 2. The molecule has 204 valence electrons. The Balaban J connectivity index is 1.31. The molecular formula is C21H20ClF3N6O4S3. The molecule has 4 heterocycles. The molecule has 0 spiro atoms. The van der Waals surface area contributed by atoms with Gasteiger partial charge in [0.25, 0.3) is 5.91 Å². The first kappa shape index (κ1) is 27.3. The quantitative estimate of drug-likeness (QED) is 0.340. The number of carbonyl (C=O) groups excluding carboxylic acids is 2. The van der Waals surface area contributed by atoms with E-state index in [4.69, 9.17) is 11.6 Å². The average molecular weight is 609 g/mol. The number of nitrogens with zero attached hydrogens (tertiary/aromatic N) is 5. The zero-order chi connectivity index (χ0) is 27.5. The van der Waals surface area contributed by atoms with Crippen LogP contribution in [-0.4, -0.2) is 70.7 Å². The summed E-state index contributed by atoms with van der Waals surface area (Å²) in [6.45, 7) is 3.19. The number of halogens is 4. The van der Waals surface area contributed by atoms with Gasteiger partial charge in [-0.3, -0.25) is 19.2 Å². The molecule has 2 aromatic rings. The predicted octanol–water partition coefficient (Wildman–Crippen LogP) is 3.68. The molecule has 10 nitrogen and oxygen atoms in total. The zero-order valence-corrected chi connectivity index (χ0v) is 23.0. The SMILES string of the molecule is Cc1nnc(SCC2=C(C(=O)O)N3C(=O)[C@H](NC(=O)[C@H](C)n4nc(C(F)(F)F)c(Cl)c4C4CC4)[C@H]3SC2)s1. The molecule has 2 amide bonds. The molecule has 1 saturated carbocycles. The van der Waals surface area contributed by atoms with E-state index in [9.17, 15) is 32.7 Å². The molecule has 38 heavy (non-hydrogen) atoms. The Hall–Kier alpha value is -2.30. The third-order valence-corrected chi connectivity index (χ3v) is 10.1. The Kier molecular flexibility index (Phi) is 7.19. The lowest BCUT2D eigenvalue weighted by atomic mass is 10.0. The van der Waals surface area contributed by atoms with Crippen molar-refractivity contribution in [2.75, 3.05) is 11.5 Å². The average Bonchev–Trinajstić information content (AvgIpc) is 3.50. The maximum absolute atomic E-state index is 13.4. The molecule has 2 aliphatic heterocycles. The number of hydrogen-bond acceptors (Lipinski definition) is 9. The number of aliphatic carboxylic acids is 1. The van der Waals surface area contributed by atoms with Gasteiger partial charge in [-0.15, -0.1) is 22.0 Å². The van der Waals surface area contributed by atoms with Crippen LogP contribution in [0.25, 0.3) is 0 Å². The van der Waals surface area contributed by atoms with Crippen LogP contribution in [0.2, 0.25) is 5.02 Å². The monoisotopic (exact) mass is 608 g/mol. The number of aryl methyl sites for hydroxylation is 1. The number of alkyl halides is 3. The highest BCUT2D eigenvalue weighted by Gasteiger charge is 2.54. The highest BCUT2D eigenvalue weighted by molar-refractivity contribution is 8.01. The summed E-state index contributed by atoms with van der Waals surface area (Å²) < 4.78 is 41.9. The third-order valence-electron chi connectivity index (χ3n) is 6.29. The number of rotatable bonds is 8. The molecule has 0 bridgehead atoms. The predicted molar refractivity (Wildman–Crippen MR) is 134 cm³/mol. The smallest absolute Gasteiger partial charge is 0.436 e. The topological polar surface area (TPSA) is 130 Å². The number of carboxylic acids is 1. The number of β-lactam (4-membered cyclic amide) rings is 1. The molecule has 5 rings (SSSR count). The maximum atomic E-state index is 13.4. The molecule has 3 atom stereocenters. The van der Waals surface area contributed by atoms with E-state index in [2.05, 4.69) is 20.6 Å². The van der Waals surface area contributed by atoms with Crippen LogP contribution in [0.3, 0.4) is 0 Å². The van der Waals surface area contributed by atoms with Crippen molar-refractivity contribution in [3.63, 3.8) is 0 Å². The summed E-state index contributed by atoms with van der Waals surface area (Å²) in [6, 6.07) is -2.20. The lowest BCUT2D eigenvalue weighted by molar-refractivity contribution is -0.151. The number of nitrogens with one attached hydrogen (secondary N) is 1. The van der Waals surface area contributed by atoms with E-state index >= 15 is 0 Å². The van der Waals surface area contributed by atoms with Gasteiger partial charge in [-0.05, 0) is 32.3 Å². The van der Waals surface area contributed by atoms with Crippen LogP contribution in [-0.2, 0) is 20.6 Å². The first-order chi connectivity index (χ1) is 17.9. The lowest BCUT2D eigenvalue weighted by Crippen LogP contribution is -2.71. The summed E-state index contributed by atoms with van der Waals surface area (Å²) in [7, 11) is 0. The van der Waals surface area contributed by atoms with Crippen molar-refractivity contribution in [3.8, 4) is 0 Å². The van der Waals surface area contributed by atoms with Crippen LogP contribution in [0.15, 0.2) is 15.6 Å². The van der Waals surface area contributed by atoms with E-state index in [1.807, 2.05) is 6.92 Å². The van der Waals surface area contributed by atoms with Crippen LogP contribution in [0, 0.1) is 6.92 Å². The molecule has 0 radical (unpaired) electrons. The van der Waals surface area contributed by atoms with Gasteiger partial charge in [-0.1, -0.05) is 34.7 Å². The van der Waals surface area contributed by atoms with Gasteiger partial charge in [0.15, 0.2) is 10.0 Å². The van der Waals surface area contributed by atoms with Crippen molar-refractivity contribution in [3.05, 3.63) is 32.7 Å². The number of carboxylic acid groups (broad SMARTS) is 1. The molecule has 17 heteroatoms. The minimum absolute atomic E-state index is 0.129. The molecule has 0 aromatic carbocycles. The van der Waals surface area contributed by atoms with Crippen molar-refractivity contribution >= 4 is 64.2 Å². The molecule has 0 unspecified atom stereocenters. The number of hydrogen-bond donors (Lipinski definition) is 2. The molecule has 2 fully saturated rings. The number of amides is 2. The van der Waals surface area contributed by atoms with E-state index in [1.165, 1.54) is 41.8 Å². The van der Waals surface area contributed by atoms with E-state index in [0.717, 1.165) is 14.6 Å². The lowest BCUT2D eigenvalue weighted by Gasteiger charge is -2.49. The Morgan fingerprint density at radius 3 is 2.61 bits per heavy atom. The normalized spacial score (nSPS) is 22.3.